The first kappa shape index (κ1) is 19.3. The van der Waals surface area contributed by atoms with Gasteiger partial charge < -0.3 is 14.4 Å². The molecule has 0 bridgehead atoms. The zero-order valence-corrected chi connectivity index (χ0v) is 16.2. The molecule has 0 unspecified atom stereocenters. The van der Waals surface area contributed by atoms with Crippen molar-refractivity contribution < 1.29 is 18.7 Å². The lowest BCUT2D eigenvalue weighted by Crippen LogP contribution is -2.38. The SMILES string of the molecule is CCN1CCN(c2ccc(N3C[C@H](CCC(=S)OC)OC3=O)cc2F)C=N1. The number of nitrogens with zero attached hydrogens (tertiary/aromatic N) is 4. The van der Waals surface area contributed by atoms with Crippen LogP contribution in [-0.4, -0.2) is 61.9 Å². The molecule has 27 heavy (non-hydrogen) atoms. The highest BCUT2D eigenvalue weighted by atomic mass is 32.1. The summed E-state index contributed by atoms with van der Waals surface area (Å²) in [7, 11) is 1.52. The van der Waals surface area contributed by atoms with E-state index in [2.05, 4.69) is 5.10 Å². The number of methoxy groups -OCH3 is 1. The molecule has 9 heteroatoms. The first-order chi connectivity index (χ1) is 13.0. The number of hydrogen-bond donors (Lipinski definition) is 0. The fraction of sp³-hybridized carbons (Fsp3) is 0.500. The Bertz CT molecular complexity index is 745. The molecule has 0 N–H and O–H groups in total. The highest BCUT2D eigenvalue weighted by molar-refractivity contribution is 7.80. The standard InChI is InChI=1S/C18H23FN4O3S/c1-3-22-9-8-21(12-20-22)16-6-4-13(10-15(16)19)23-11-14(26-18(23)24)5-7-17(27)25-2/h4,6,10,12,14H,3,5,7-9,11H2,1-2H3/t14-/m0/s1. The Morgan fingerprint density at radius 2 is 2.26 bits per heavy atom. The molecule has 3 rings (SSSR count). The van der Waals surface area contributed by atoms with Crippen LogP contribution in [0, 0.1) is 5.82 Å². The van der Waals surface area contributed by atoms with Crippen LogP contribution in [0.25, 0.3) is 0 Å². The Morgan fingerprint density at radius 3 is 2.89 bits per heavy atom. The van der Waals surface area contributed by atoms with E-state index in [1.807, 2.05) is 11.9 Å². The van der Waals surface area contributed by atoms with Crippen LogP contribution in [0.5, 0.6) is 0 Å². The number of rotatable bonds is 6. The van der Waals surface area contributed by atoms with Gasteiger partial charge in [-0.3, -0.25) is 9.91 Å². The van der Waals surface area contributed by atoms with Crippen LogP contribution in [0.1, 0.15) is 19.8 Å². The van der Waals surface area contributed by atoms with Gasteiger partial charge in [0.05, 0.1) is 31.6 Å². The van der Waals surface area contributed by atoms with E-state index in [0.29, 0.717) is 42.4 Å². The molecule has 0 saturated carbocycles. The molecule has 146 valence electrons. The lowest BCUT2D eigenvalue weighted by atomic mass is 10.2. The fourth-order valence-electron chi connectivity index (χ4n) is 3.06. The Hall–Kier alpha value is -2.42. The maximum atomic E-state index is 14.7. The molecule has 7 nitrogen and oxygen atoms in total. The maximum absolute atomic E-state index is 14.7. The summed E-state index contributed by atoms with van der Waals surface area (Å²) in [6, 6.07) is 4.75. The second-order valence-corrected chi connectivity index (χ2v) is 6.79. The van der Waals surface area contributed by atoms with Gasteiger partial charge in [-0.1, -0.05) is 0 Å². The molecular formula is C18H23FN4O3S. The van der Waals surface area contributed by atoms with Gasteiger partial charge in [-0.15, -0.1) is 0 Å². The predicted molar refractivity (Wildman–Crippen MR) is 106 cm³/mol. The number of thiocarbonyl (C=S) groups is 1. The quantitative estimate of drug-likeness (QED) is 0.692. The molecule has 0 radical (unpaired) electrons. The molecule has 1 aromatic rings. The van der Waals surface area contributed by atoms with E-state index >= 15 is 0 Å². The summed E-state index contributed by atoms with van der Waals surface area (Å²) in [6.45, 7) is 4.59. The highest BCUT2D eigenvalue weighted by Gasteiger charge is 2.32. The van der Waals surface area contributed by atoms with Gasteiger partial charge in [-0.25, -0.2) is 9.18 Å². The first-order valence-corrected chi connectivity index (χ1v) is 9.32. The molecule has 0 aromatic heterocycles. The molecular weight excluding hydrogens is 371 g/mol. The van der Waals surface area contributed by atoms with Crippen LogP contribution in [0.4, 0.5) is 20.6 Å². The minimum absolute atomic E-state index is 0.289. The number of hydrogen-bond acceptors (Lipinski definition) is 7. The molecule has 1 saturated heterocycles. The van der Waals surface area contributed by atoms with Crippen LogP contribution < -0.4 is 9.80 Å². The Morgan fingerprint density at radius 1 is 1.44 bits per heavy atom. The van der Waals surface area contributed by atoms with Crippen molar-refractivity contribution in [1.82, 2.24) is 5.01 Å². The average molecular weight is 394 g/mol. The van der Waals surface area contributed by atoms with E-state index in [4.69, 9.17) is 21.7 Å². The van der Waals surface area contributed by atoms with E-state index in [1.54, 1.807) is 23.4 Å². The third kappa shape index (κ3) is 4.47. The molecule has 2 heterocycles. The number of likely N-dealkylation sites (N-methyl/N-ethyl adjacent to an activating group) is 1. The molecule has 2 aliphatic heterocycles. The van der Waals surface area contributed by atoms with Crippen LogP contribution in [0.3, 0.4) is 0 Å². The maximum Gasteiger partial charge on any atom is 0.414 e. The Balaban J connectivity index is 1.67. The average Bonchev–Trinajstić information content (AvgIpc) is 3.06. The topological polar surface area (TPSA) is 57.6 Å². The highest BCUT2D eigenvalue weighted by Crippen LogP contribution is 2.29. The van der Waals surface area contributed by atoms with Crippen LogP contribution in [0.15, 0.2) is 23.3 Å². The normalized spacial score (nSPS) is 19.4. The number of hydrazone groups is 1. The summed E-state index contributed by atoms with van der Waals surface area (Å²) >= 11 is 5.01. The molecule has 1 atom stereocenters. The fourth-order valence-corrected chi connectivity index (χ4v) is 3.17. The number of amides is 1. The number of benzene rings is 1. The third-order valence-corrected chi connectivity index (χ3v) is 5.01. The van der Waals surface area contributed by atoms with Gasteiger partial charge in [-0.05, 0) is 43.8 Å². The van der Waals surface area contributed by atoms with Gasteiger partial charge in [0.2, 0.25) is 0 Å². The molecule has 1 aromatic carbocycles. The molecule has 0 aliphatic carbocycles. The summed E-state index contributed by atoms with van der Waals surface area (Å²) < 4.78 is 25.0. The van der Waals surface area contributed by atoms with Crippen LogP contribution in [-0.2, 0) is 9.47 Å². The minimum atomic E-state index is -0.478. The number of halogens is 1. The van der Waals surface area contributed by atoms with Crippen molar-refractivity contribution in [3.63, 3.8) is 0 Å². The predicted octanol–water partition coefficient (Wildman–Crippen LogP) is 2.99. The third-order valence-electron chi connectivity index (χ3n) is 4.64. The summed E-state index contributed by atoms with van der Waals surface area (Å²) in [5, 5.41) is 6.66. The number of anilines is 2. The second kappa shape index (κ2) is 8.51. The van der Waals surface area contributed by atoms with Gasteiger partial charge >= 0.3 is 6.09 Å². The summed E-state index contributed by atoms with van der Waals surface area (Å²) in [5.74, 6) is -0.402. The van der Waals surface area contributed by atoms with Crippen molar-refractivity contribution in [2.75, 3.05) is 43.1 Å². The Labute approximate surface area is 163 Å². The molecule has 0 spiro atoms. The number of cyclic esters (lactones) is 1. The van der Waals surface area contributed by atoms with Crippen LogP contribution >= 0.6 is 12.2 Å². The lowest BCUT2D eigenvalue weighted by molar-refractivity contribution is 0.137. The van der Waals surface area contributed by atoms with Gasteiger partial charge in [-0.2, -0.15) is 5.10 Å². The van der Waals surface area contributed by atoms with Crippen molar-refractivity contribution in [2.24, 2.45) is 5.10 Å². The number of carbonyl (C=O) groups is 1. The molecule has 1 amide bonds. The van der Waals surface area contributed by atoms with Gasteiger partial charge in [0.15, 0.2) is 5.05 Å². The second-order valence-electron chi connectivity index (χ2n) is 6.34. The van der Waals surface area contributed by atoms with Crippen LogP contribution in [0.2, 0.25) is 0 Å². The van der Waals surface area contributed by atoms with E-state index in [1.165, 1.54) is 18.1 Å². The van der Waals surface area contributed by atoms with E-state index in [-0.39, 0.29) is 6.10 Å². The minimum Gasteiger partial charge on any atom is -0.490 e. The first-order valence-electron chi connectivity index (χ1n) is 8.92. The summed E-state index contributed by atoms with van der Waals surface area (Å²) in [6.07, 6.45) is 1.97. The smallest absolute Gasteiger partial charge is 0.414 e. The van der Waals surface area contributed by atoms with Crippen molar-refractivity contribution >= 4 is 41.1 Å². The van der Waals surface area contributed by atoms with E-state index in [0.717, 1.165) is 13.1 Å². The Kier molecular flexibility index (Phi) is 6.10. The monoisotopic (exact) mass is 394 g/mol. The van der Waals surface area contributed by atoms with Gasteiger partial charge in [0, 0.05) is 19.5 Å². The molecule has 1 fully saturated rings. The van der Waals surface area contributed by atoms with Crippen molar-refractivity contribution in [2.45, 2.75) is 25.9 Å². The number of ether oxygens (including phenoxy) is 2. The van der Waals surface area contributed by atoms with Gasteiger partial charge in [0.1, 0.15) is 18.3 Å². The summed E-state index contributed by atoms with van der Waals surface area (Å²) in [4.78, 5) is 15.4. The zero-order chi connectivity index (χ0) is 19.4. The van der Waals surface area contributed by atoms with Crippen molar-refractivity contribution in [3.05, 3.63) is 24.0 Å². The van der Waals surface area contributed by atoms with Gasteiger partial charge in [0.25, 0.3) is 0 Å². The summed E-state index contributed by atoms with van der Waals surface area (Å²) in [5.41, 5.74) is 0.912. The number of carbonyl (C=O) groups excluding carboxylic acids is 1. The van der Waals surface area contributed by atoms with E-state index < -0.39 is 11.9 Å². The van der Waals surface area contributed by atoms with Crippen molar-refractivity contribution in [3.8, 4) is 0 Å². The lowest BCUT2D eigenvalue weighted by Gasteiger charge is -2.29. The largest absolute Gasteiger partial charge is 0.490 e. The zero-order valence-electron chi connectivity index (χ0n) is 15.4. The van der Waals surface area contributed by atoms with Crippen molar-refractivity contribution in [1.29, 1.82) is 0 Å². The molecule has 2 aliphatic rings. The van der Waals surface area contributed by atoms with E-state index in [9.17, 15) is 9.18 Å².